The molecule has 0 aliphatic heterocycles. The van der Waals surface area contributed by atoms with Crippen molar-refractivity contribution in [2.75, 3.05) is 11.1 Å². The van der Waals surface area contributed by atoms with Crippen LogP contribution in [0.3, 0.4) is 0 Å². The molecule has 0 unspecified atom stereocenters. The summed E-state index contributed by atoms with van der Waals surface area (Å²) in [5, 5.41) is 2.92. The Balaban J connectivity index is 2.26. The first-order chi connectivity index (χ1) is 7.65. The summed E-state index contributed by atoms with van der Waals surface area (Å²) in [6.07, 6.45) is 1.55. The highest BCUT2D eigenvalue weighted by Gasteiger charge is 2.03. The molecular formula is C11H9BrFN3. The molecule has 2 rings (SSSR count). The summed E-state index contributed by atoms with van der Waals surface area (Å²) < 4.78 is 14.2. The third-order valence-corrected chi connectivity index (χ3v) is 2.49. The molecule has 0 saturated heterocycles. The highest BCUT2D eigenvalue weighted by atomic mass is 79.9. The van der Waals surface area contributed by atoms with Gasteiger partial charge in [0.25, 0.3) is 0 Å². The van der Waals surface area contributed by atoms with Gasteiger partial charge in [0.05, 0.1) is 17.6 Å². The lowest BCUT2D eigenvalue weighted by Crippen LogP contribution is -1.96. The second kappa shape index (κ2) is 4.49. The summed E-state index contributed by atoms with van der Waals surface area (Å²) in [5.74, 6) is 0.111. The second-order valence-corrected chi connectivity index (χ2v) is 4.14. The van der Waals surface area contributed by atoms with Crippen LogP contribution in [0.1, 0.15) is 0 Å². The van der Waals surface area contributed by atoms with Gasteiger partial charge in [-0.25, -0.2) is 9.37 Å². The van der Waals surface area contributed by atoms with Crippen LogP contribution in [0.4, 0.5) is 21.6 Å². The van der Waals surface area contributed by atoms with E-state index in [2.05, 4.69) is 26.2 Å². The number of hydrogen-bond donors (Lipinski definition) is 2. The van der Waals surface area contributed by atoms with Gasteiger partial charge in [-0.3, -0.25) is 0 Å². The number of pyridine rings is 1. The Labute approximate surface area is 101 Å². The van der Waals surface area contributed by atoms with Crippen molar-refractivity contribution < 1.29 is 4.39 Å². The van der Waals surface area contributed by atoms with Crippen LogP contribution in [0.5, 0.6) is 0 Å². The van der Waals surface area contributed by atoms with E-state index in [-0.39, 0.29) is 5.82 Å². The molecule has 3 nitrogen and oxygen atoms in total. The molecule has 2 aromatic rings. The molecule has 0 aliphatic carbocycles. The number of nitrogens with one attached hydrogen (secondary N) is 1. The molecule has 0 bridgehead atoms. The minimum absolute atomic E-state index is 0.319. The summed E-state index contributed by atoms with van der Waals surface area (Å²) in [6.45, 7) is 0. The van der Waals surface area contributed by atoms with Crippen molar-refractivity contribution in [3.05, 3.63) is 46.8 Å². The monoisotopic (exact) mass is 281 g/mol. The third kappa shape index (κ3) is 2.49. The maximum atomic E-state index is 13.4. The molecule has 0 radical (unpaired) electrons. The molecule has 5 heteroatoms. The topological polar surface area (TPSA) is 50.9 Å². The SMILES string of the molecule is Nc1ccc(Nc2cc(Br)ccc2F)cn1. The van der Waals surface area contributed by atoms with E-state index in [0.29, 0.717) is 17.2 Å². The van der Waals surface area contributed by atoms with Gasteiger partial charge in [-0.2, -0.15) is 0 Å². The van der Waals surface area contributed by atoms with Crippen LogP contribution >= 0.6 is 15.9 Å². The maximum absolute atomic E-state index is 13.4. The lowest BCUT2D eigenvalue weighted by molar-refractivity contribution is 0.631. The summed E-state index contributed by atoms with van der Waals surface area (Å²) >= 11 is 3.28. The summed E-state index contributed by atoms with van der Waals surface area (Å²) in [7, 11) is 0. The van der Waals surface area contributed by atoms with Gasteiger partial charge < -0.3 is 11.1 Å². The Morgan fingerprint density at radius 3 is 2.75 bits per heavy atom. The zero-order valence-electron chi connectivity index (χ0n) is 8.24. The van der Waals surface area contributed by atoms with E-state index < -0.39 is 0 Å². The Morgan fingerprint density at radius 1 is 1.25 bits per heavy atom. The van der Waals surface area contributed by atoms with Gasteiger partial charge in [0.2, 0.25) is 0 Å². The first-order valence-corrected chi connectivity index (χ1v) is 5.38. The van der Waals surface area contributed by atoms with Crippen LogP contribution in [0.15, 0.2) is 41.0 Å². The van der Waals surface area contributed by atoms with Crippen LogP contribution < -0.4 is 11.1 Å². The van der Waals surface area contributed by atoms with E-state index in [1.807, 2.05) is 0 Å². The normalized spacial score (nSPS) is 10.1. The fourth-order valence-corrected chi connectivity index (χ4v) is 1.59. The number of anilines is 3. The summed E-state index contributed by atoms with van der Waals surface area (Å²) in [4.78, 5) is 3.91. The first kappa shape index (κ1) is 10.9. The van der Waals surface area contributed by atoms with Gasteiger partial charge in [0.1, 0.15) is 11.6 Å². The Morgan fingerprint density at radius 2 is 2.06 bits per heavy atom. The number of hydrogen-bond acceptors (Lipinski definition) is 3. The number of rotatable bonds is 2. The molecule has 0 aliphatic rings. The molecule has 0 saturated carbocycles. The van der Waals surface area contributed by atoms with E-state index in [1.54, 1.807) is 30.5 Å². The highest BCUT2D eigenvalue weighted by Crippen LogP contribution is 2.23. The number of halogens is 2. The van der Waals surface area contributed by atoms with E-state index in [9.17, 15) is 4.39 Å². The Hall–Kier alpha value is -1.62. The van der Waals surface area contributed by atoms with Crippen LogP contribution in [0, 0.1) is 5.82 Å². The van der Waals surface area contributed by atoms with Gasteiger partial charge in [0.15, 0.2) is 0 Å². The lowest BCUT2D eigenvalue weighted by Gasteiger charge is -2.07. The molecule has 1 heterocycles. The minimum Gasteiger partial charge on any atom is -0.384 e. The average molecular weight is 282 g/mol. The fourth-order valence-electron chi connectivity index (χ4n) is 1.23. The second-order valence-electron chi connectivity index (χ2n) is 3.22. The first-order valence-electron chi connectivity index (χ1n) is 4.59. The smallest absolute Gasteiger partial charge is 0.146 e. The maximum Gasteiger partial charge on any atom is 0.146 e. The average Bonchev–Trinajstić information content (AvgIpc) is 2.27. The number of aromatic nitrogens is 1. The quantitative estimate of drug-likeness (QED) is 0.888. The van der Waals surface area contributed by atoms with Crippen molar-refractivity contribution in [3.63, 3.8) is 0 Å². The molecule has 82 valence electrons. The third-order valence-electron chi connectivity index (χ3n) is 1.99. The van der Waals surface area contributed by atoms with Crippen LogP contribution in [0.25, 0.3) is 0 Å². The van der Waals surface area contributed by atoms with E-state index in [1.165, 1.54) is 6.07 Å². The summed E-state index contributed by atoms with van der Waals surface area (Å²) in [6, 6.07) is 8.07. The Kier molecular flexibility index (Phi) is 3.05. The summed E-state index contributed by atoms with van der Waals surface area (Å²) in [5.41, 5.74) is 6.53. The number of nitrogens with zero attached hydrogens (tertiary/aromatic N) is 1. The fraction of sp³-hybridized carbons (Fsp3) is 0. The van der Waals surface area contributed by atoms with E-state index in [4.69, 9.17) is 5.73 Å². The largest absolute Gasteiger partial charge is 0.384 e. The molecule has 0 amide bonds. The van der Waals surface area contributed by atoms with Crippen LogP contribution in [-0.2, 0) is 0 Å². The van der Waals surface area contributed by atoms with E-state index in [0.717, 1.165) is 4.47 Å². The van der Waals surface area contributed by atoms with Crippen molar-refractivity contribution in [2.45, 2.75) is 0 Å². The Bertz CT molecular complexity index is 499. The van der Waals surface area contributed by atoms with Crippen LogP contribution in [0.2, 0.25) is 0 Å². The molecule has 0 spiro atoms. The number of benzene rings is 1. The molecule has 3 N–H and O–H groups in total. The minimum atomic E-state index is -0.319. The number of nitrogen functional groups attached to an aromatic ring is 1. The molecular weight excluding hydrogens is 273 g/mol. The van der Waals surface area contributed by atoms with Gasteiger partial charge in [-0.15, -0.1) is 0 Å². The predicted octanol–water partition coefficient (Wildman–Crippen LogP) is 3.31. The standard InChI is InChI=1S/C11H9BrFN3/c12-7-1-3-9(13)10(5-7)16-8-2-4-11(14)15-6-8/h1-6,16H,(H2,14,15). The highest BCUT2D eigenvalue weighted by molar-refractivity contribution is 9.10. The van der Waals surface area contributed by atoms with Crippen molar-refractivity contribution in [1.29, 1.82) is 0 Å². The van der Waals surface area contributed by atoms with E-state index >= 15 is 0 Å². The van der Waals surface area contributed by atoms with Crippen molar-refractivity contribution in [3.8, 4) is 0 Å². The molecule has 16 heavy (non-hydrogen) atoms. The van der Waals surface area contributed by atoms with Gasteiger partial charge in [-0.1, -0.05) is 15.9 Å². The molecule has 1 aromatic carbocycles. The lowest BCUT2D eigenvalue weighted by atomic mass is 10.3. The van der Waals surface area contributed by atoms with Crippen LogP contribution in [-0.4, -0.2) is 4.98 Å². The van der Waals surface area contributed by atoms with Gasteiger partial charge >= 0.3 is 0 Å². The van der Waals surface area contributed by atoms with Crippen molar-refractivity contribution in [1.82, 2.24) is 4.98 Å². The predicted molar refractivity (Wildman–Crippen MR) is 66.0 cm³/mol. The molecule has 0 atom stereocenters. The van der Waals surface area contributed by atoms with Gasteiger partial charge in [0, 0.05) is 4.47 Å². The van der Waals surface area contributed by atoms with Crippen molar-refractivity contribution >= 4 is 33.1 Å². The number of nitrogens with two attached hydrogens (primary N) is 1. The van der Waals surface area contributed by atoms with Crippen molar-refractivity contribution in [2.24, 2.45) is 0 Å². The van der Waals surface area contributed by atoms with Gasteiger partial charge in [-0.05, 0) is 30.3 Å². The zero-order chi connectivity index (χ0) is 11.5. The molecule has 1 aromatic heterocycles. The zero-order valence-corrected chi connectivity index (χ0v) is 9.83. The molecule has 0 fully saturated rings.